The van der Waals surface area contributed by atoms with Gasteiger partial charge in [0.05, 0.1) is 35.4 Å². The lowest BCUT2D eigenvalue weighted by molar-refractivity contribution is -0.140. The largest absolute Gasteiger partial charge is 0.488 e. The highest BCUT2D eigenvalue weighted by atomic mass is 19.4. The molecule has 4 aromatic rings. The van der Waals surface area contributed by atoms with Gasteiger partial charge in [-0.1, -0.05) is 0 Å². The van der Waals surface area contributed by atoms with Crippen molar-refractivity contribution in [1.82, 2.24) is 24.7 Å². The fourth-order valence-corrected chi connectivity index (χ4v) is 3.98. The highest BCUT2D eigenvalue weighted by Crippen LogP contribution is 2.33. The second-order valence-electron chi connectivity index (χ2n) is 8.73. The Balaban J connectivity index is 1.53. The molecule has 2 atom stereocenters. The molecule has 3 N–H and O–H groups in total. The van der Waals surface area contributed by atoms with E-state index in [1.54, 1.807) is 5.10 Å². The number of anilines is 1. The first kappa shape index (κ1) is 28.5. The van der Waals surface area contributed by atoms with Gasteiger partial charge in [0.2, 0.25) is 0 Å². The van der Waals surface area contributed by atoms with E-state index >= 15 is 0 Å². The third-order valence-electron chi connectivity index (χ3n) is 5.80. The third kappa shape index (κ3) is 5.89. The zero-order valence-electron chi connectivity index (χ0n) is 20.3. The Kier molecular flexibility index (Phi) is 7.79. The highest BCUT2D eigenvalue weighted by Gasteiger charge is 2.38. The quantitative estimate of drug-likeness (QED) is 0.299. The number of ether oxygens (including phenoxy) is 1. The summed E-state index contributed by atoms with van der Waals surface area (Å²) in [6, 6.07) is 3.45. The number of pyridine rings is 1. The molecule has 16 heteroatoms. The van der Waals surface area contributed by atoms with Gasteiger partial charge in [0.1, 0.15) is 17.8 Å². The van der Waals surface area contributed by atoms with Gasteiger partial charge in [0.25, 0.3) is 17.5 Å². The van der Waals surface area contributed by atoms with Crippen molar-refractivity contribution in [3.05, 3.63) is 74.4 Å². The lowest BCUT2D eigenvalue weighted by Gasteiger charge is -2.19. The van der Waals surface area contributed by atoms with Crippen LogP contribution in [-0.2, 0) is 12.7 Å². The summed E-state index contributed by atoms with van der Waals surface area (Å²) in [4.78, 5) is 31.9. The molecular weight excluding hydrogens is 553 g/mol. The summed E-state index contributed by atoms with van der Waals surface area (Å²) in [5, 5.41) is 5.00. The first-order chi connectivity index (χ1) is 18.8. The lowest BCUT2D eigenvalue weighted by atomic mass is 10.1. The van der Waals surface area contributed by atoms with Crippen LogP contribution in [0.25, 0.3) is 22.2 Å². The smallest absolute Gasteiger partial charge is 0.425 e. The summed E-state index contributed by atoms with van der Waals surface area (Å²) in [7, 11) is 0. The molecule has 0 amide bonds. The van der Waals surface area contributed by atoms with Crippen LogP contribution in [0.15, 0.2) is 46.4 Å². The van der Waals surface area contributed by atoms with E-state index in [4.69, 9.17) is 10.5 Å². The molecule has 0 saturated carbocycles. The molecule has 0 bridgehead atoms. The molecule has 0 aliphatic carbocycles. The average Bonchev–Trinajstić information content (AvgIpc) is 2.84. The Bertz CT molecular complexity index is 1670. The Morgan fingerprint density at radius 3 is 2.52 bits per heavy atom. The van der Waals surface area contributed by atoms with Gasteiger partial charge in [-0.15, -0.1) is 0 Å². The topological polar surface area (TPSA) is 129 Å². The normalized spacial score (nSPS) is 13.5. The van der Waals surface area contributed by atoms with Crippen molar-refractivity contribution in [3.63, 3.8) is 0 Å². The number of hydrogen-bond acceptors (Lipinski definition) is 7. The predicted octanol–water partition coefficient (Wildman–Crippen LogP) is 4.42. The maximum atomic E-state index is 14.9. The van der Waals surface area contributed by atoms with Crippen molar-refractivity contribution >= 4 is 16.6 Å². The van der Waals surface area contributed by atoms with E-state index in [9.17, 15) is 40.3 Å². The van der Waals surface area contributed by atoms with Gasteiger partial charge in [0.15, 0.2) is 17.1 Å². The number of nitrogens with two attached hydrogens (primary N) is 1. The fraction of sp³-hybridized carbons (Fsp3) is 0.292. The molecule has 3 aromatic heterocycles. The van der Waals surface area contributed by atoms with E-state index in [-0.39, 0.29) is 22.2 Å². The number of aromatic amines is 1. The summed E-state index contributed by atoms with van der Waals surface area (Å²) >= 11 is 0. The first-order valence-corrected chi connectivity index (χ1v) is 11.5. The number of fused-ring (bicyclic) bond motifs is 1. The van der Waals surface area contributed by atoms with Gasteiger partial charge < -0.3 is 15.0 Å². The maximum Gasteiger partial charge on any atom is 0.425 e. The molecule has 3 heterocycles. The summed E-state index contributed by atoms with van der Waals surface area (Å²) in [5.74, 6) is -2.66. The molecule has 212 valence electrons. The monoisotopic (exact) mass is 572 g/mol. The van der Waals surface area contributed by atoms with Crippen LogP contribution >= 0.6 is 0 Å². The minimum absolute atomic E-state index is 0.137. The molecule has 0 saturated heterocycles. The number of nitrogens with zero attached hydrogens (tertiary/aromatic N) is 4. The Morgan fingerprint density at radius 1 is 1.15 bits per heavy atom. The number of aromatic nitrogens is 5. The van der Waals surface area contributed by atoms with E-state index in [1.165, 1.54) is 25.3 Å². The van der Waals surface area contributed by atoms with Crippen LogP contribution in [0.4, 0.5) is 36.6 Å². The number of benzene rings is 1. The molecule has 1 aromatic carbocycles. The Labute approximate surface area is 219 Å². The minimum atomic E-state index is -5.04. The molecule has 4 rings (SSSR count). The van der Waals surface area contributed by atoms with Gasteiger partial charge in [0, 0.05) is 18.8 Å². The van der Waals surface area contributed by atoms with Gasteiger partial charge in [-0.25, -0.2) is 32.6 Å². The predicted molar refractivity (Wildman–Crippen MR) is 128 cm³/mol. The summed E-state index contributed by atoms with van der Waals surface area (Å²) in [6.45, 7) is 0.733. The molecule has 9 nitrogen and oxygen atoms in total. The summed E-state index contributed by atoms with van der Waals surface area (Å²) in [5.41, 5.74) is 0.763. The van der Waals surface area contributed by atoms with Gasteiger partial charge in [-0.05, 0) is 30.5 Å². The van der Waals surface area contributed by atoms with Crippen molar-refractivity contribution in [1.29, 1.82) is 0 Å². The number of nitrogens with one attached hydrogen (secondary N) is 1. The molecule has 0 fully saturated rings. The standard InChI is InChI=1S/C24H19F7N6O3/c1-10(40-17-8-34-36-22(38)18(17)24(29,30)31)4-12(25)9-37-3-2-11-5-14(16(26)6-13(11)23(37)39)21-33-7-15(19(27)28)20(32)35-21/h2-3,5-8,10,12,19H,4,9H2,1H3,(H,36,38)(H2,32,33,35)/t10-,12+/m0/s1. The van der Waals surface area contributed by atoms with Crippen LogP contribution < -0.4 is 21.6 Å². The highest BCUT2D eigenvalue weighted by molar-refractivity contribution is 5.86. The van der Waals surface area contributed by atoms with E-state index in [1.807, 2.05) is 0 Å². The molecular formula is C24H19F7N6O3. The number of halogens is 7. The third-order valence-corrected chi connectivity index (χ3v) is 5.80. The zero-order valence-corrected chi connectivity index (χ0v) is 20.3. The van der Waals surface area contributed by atoms with E-state index < -0.39 is 77.5 Å². The van der Waals surface area contributed by atoms with E-state index in [2.05, 4.69) is 15.1 Å². The zero-order chi connectivity index (χ0) is 29.4. The number of nitrogen functional groups attached to an aromatic ring is 1. The number of hydrogen-bond donors (Lipinski definition) is 2. The molecule has 0 aliphatic heterocycles. The minimum Gasteiger partial charge on any atom is -0.488 e. The summed E-state index contributed by atoms with van der Waals surface area (Å²) in [6.07, 6.45) is -8.73. The van der Waals surface area contributed by atoms with Crippen molar-refractivity contribution in [2.24, 2.45) is 0 Å². The number of alkyl halides is 6. The second kappa shape index (κ2) is 10.9. The van der Waals surface area contributed by atoms with Crippen LogP contribution in [0, 0.1) is 5.82 Å². The lowest BCUT2D eigenvalue weighted by Crippen LogP contribution is -2.29. The number of rotatable bonds is 8. The molecule has 0 aliphatic rings. The van der Waals surface area contributed by atoms with Crippen molar-refractivity contribution in [2.75, 3.05) is 5.73 Å². The second-order valence-corrected chi connectivity index (χ2v) is 8.73. The van der Waals surface area contributed by atoms with E-state index in [0.29, 0.717) is 6.20 Å². The average molecular weight is 572 g/mol. The summed E-state index contributed by atoms with van der Waals surface area (Å²) < 4.78 is 101. The van der Waals surface area contributed by atoms with Crippen molar-refractivity contribution in [3.8, 4) is 17.1 Å². The van der Waals surface area contributed by atoms with Gasteiger partial charge >= 0.3 is 6.18 Å². The van der Waals surface area contributed by atoms with Crippen molar-refractivity contribution < 1.29 is 35.5 Å². The molecule has 0 radical (unpaired) electrons. The van der Waals surface area contributed by atoms with Gasteiger partial charge in [-0.3, -0.25) is 9.59 Å². The Morgan fingerprint density at radius 2 is 1.88 bits per heavy atom. The van der Waals surface area contributed by atoms with Crippen LogP contribution in [0.3, 0.4) is 0 Å². The fourth-order valence-electron chi connectivity index (χ4n) is 3.98. The Hall–Kier alpha value is -4.50. The van der Waals surface area contributed by atoms with E-state index in [0.717, 1.165) is 16.8 Å². The van der Waals surface area contributed by atoms with Crippen LogP contribution in [-0.4, -0.2) is 37.0 Å². The SMILES string of the molecule is C[C@@H](C[C@@H](F)Cn1ccc2cc(-c3ncc(C(F)F)c(N)n3)c(F)cc2c1=O)Oc1cn[nH]c(=O)c1C(F)(F)F. The number of H-pyrrole nitrogens is 1. The van der Waals surface area contributed by atoms with Crippen molar-refractivity contribution in [2.45, 2.75) is 44.8 Å². The van der Waals surface area contributed by atoms with Gasteiger partial charge in [-0.2, -0.15) is 18.3 Å². The first-order valence-electron chi connectivity index (χ1n) is 11.5. The molecule has 0 spiro atoms. The maximum absolute atomic E-state index is 14.9. The van der Waals surface area contributed by atoms with Crippen LogP contribution in [0.1, 0.15) is 30.9 Å². The van der Waals surface area contributed by atoms with Crippen LogP contribution in [0.5, 0.6) is 5.75 Å². The molecule has 40 heavy (non-hydrogen) atoms. The molecule has 0 unspecified atom stereocenters. The van der Waals surface area contributed by atoms with Crippen LogP contribution in [0.2, 0.25) is 0 Å².